The summed E-state index contributed by atoms with van der Waals surface area (Å²) in [5, 5.41) is 0. The van der Waals surface area contributed by atoms with Gasteiger partial charge in [-0.2, -0.15) is 0 Å². The molecular formula is C38H54O2. The first kappa shape index (κ1) is 29.4. The molecule has 40 heavy (non-hydrogen) atoms. The molecule has 2 heteroatoms. The lowest BCUT2D eigenvalue weighted by molar-refractivity contribution is -0.195. The van der Waals surface area contributed by atoms with Crippen LogP contribution in [0.5, 0.6) is 5.75 Å². The van der Waals surface area contributed by atoms with Gasteiger partial charge in [0.15, 0.2) is 5.78 Å². The largest absolute Gasteiger partial charge is 0.497 e. The average Bonchev–Trinajstić information content (AvgIpc) is 3.25. The molecule has 1 aromatic carbocycles. The van der Waals surface area contributed by atoms with Crippen molar-refractivity contribution in [1.29, 1.82) is 0 Å². The van der Waals surface area contributed by atoms with Gasteiger partial charge in [-0.3, -0.25) is 4.79 Å². The number of hydrogen-bond acceptors (Lipinski definition) is 2. The average molecular weight is 543 g/mol. The summed E-state index contributed by atoms with van der Waals surface area (Å²) in [5.41, 5.74) is 5.61. The van der Waals surface area contributed by atoms with Gasteiger partial charge in [0.1, 0.15) is 5.75 Å². The Morgan fingerprint density at radius 3 is 2.35 bits per heavy atom. The predicted octanol–water partition coefficient (Wildman–Crippen LogP) is 10.2. The van der Waals surface area contributed by atoms with E-state index < -0.39 is 0 Å². The first-order chi connectivity index (χ1) is 18.8. The maximum Gasteiger partial charge on any atom is 0.164 e. The molecule has 2 nitrogen and oxygen atoms in total. The number of Topliss-reactive ketones (excluding diaryl/α,β-unsaturated/α-hetero) is 1. The van der Waals surface area contributed by atoms with Gasteiger partial charge in [-0.05, 0) is 141 Å². The highest BCUT2D eigenvalue weighted by atomic mass is 16.5. The van der Waals surface area contributed by atoms with Crippen molar-refractivity contribution in [3.05, 3.63) is 58.7 Å². The first-order valence-electron chi connectivity index (χ1n) is 16.0. The summed E-state index contributed by atoms with van der Waals surface area (Å²) in [7, 11) is 1.71. The molecule has 7 atom stereocenters. The van der Waals surface area contributed by atoms with Gasteiger partial charge in [0.05, 0.1) is 7.11 Å². The fourth-order valence-corrected chi connectivity index (χ4v) is 10.8. The number of methoxy groups -OCH3 is 1. The smallest absolute Gasteiger partial charge is 0.164 e. The Kier molecular flexibility index (Phi) is 7.59. The van der Waals surface area contributed by atoms with E-state index in [1.165, 1.54) is 44.1 Å². The molecule has 0 unspecified atom stereocenters. The second-order valence-corrected chi connectivity index (χ2v) is 15.5. The van der Waals surface area contributed by atoms with Crippen LogP contribution in [0.2, 0.25) is 0 Å². The molecule has 0 spiro atoms. The molecule has 1 aromatic rings. The van der Waals surface area contributed by atoms with Gasteiger partial charge in [0, 0.05) is 5.41 Å². The molecule has 4 saturated carbocycles. The summed E-state index contributed by atoms with van der Waals surface area (Å²) in [6, 6.07) is 8.17. The van der Waals surface area contributed by atoms with Gasteiger partial charge in [-0.1, -0.05) is 70.0 Å². The number of carbonyl (C=O) groups is 1. The van der Waals surface area contributed by atoms with Crippen LogP contribution in [0, 0.1) is 45.3 Å². The Labute approximate surface area is 244 Å². The lowest BCUT2D eigenvalue weighted by Gasteiger charge is -2.69. The standard InChI is InChI=1S/C38H54O2/c1-25(2)12-10-13-26(3)30-18-20-37(7)31(30)16-17-33-36(6)24-28(22-27-14-11-15-29(23-27)40-9)34(39)35(4,5)32(36)19-21-38(33,37)8/h11-15,22-23,30-33H,10,16-21,24H2,1-9H3/b26-13-,28-22-/t30-,31-,32+,33-,36+,37-,38-/m1/s1. The topological polar surface area (TPSA) is 26.3 Å². The first-order valence-corrected chi connectivity index (χ1v) is 16.0. The van der Waals surface area contributed by atoms with Crippen LogP contribution in [0.1, 0.15) is 112 Å². The third kappa shape index (κ3) is 4.47. The molecule has 0 aliphatic heterocycles. The van der Waals surface area contributed by atoms with E-state index in [2.05, 4.69) is 85.8 Å². The number of carbonyl (C=O) groups excluding carboxylic acids is 1. The van der Waals surface area contributed by atoms with E-state index in [-0.39, 0.29) is 10.8 Å². The molecule has 0 bridgehead atoms. The number of rotatable bonds is 5. The second-order valence-electron chi connectivity index (χ2n) is 15.5. The maximum atomic E-state index is 14.0. The van der Waals surface area contributed by atoms with Crippen molar-refractivity contribution in [1.82, 2.24) is 0 Å². The van der Waals surface area contributed by atoms with Crippen LogP contribution >= 0.6 is 0 Å². The molecule has 0 radical (unpaired) electrons. The van der Waals surface area contributed by atoms with Gasteiger partial charge >= 0.3 is 0 Å². The van der Waals surface area contributed by atoms with Crippen LogP contribution in [0.4, 0.5) is 0 Å². The Bertz CT molecular complexity index is 1240. The Hall–Kier alpha value is -2.09. The third-order valence-electron chi connectivity index (χ3n) is 13.0. The van der Waals surface area contributed by atoms with Crippen molar-refractivity contribution in [2.45, 2.75) is 107 Å². The van der Waals surface area contributed by atoms with Crippen LogP contribution in [-0.4, -0.2) is 12.9 Å². The lowest BCUT2D eigenvalue weighted by Crippen LogP contribution is -2.63. The summed E-state index contributed by atoms with van der Waals surface area (Å²) >= 11 is 0. The minimum absolute atomic E-state index is 0.134. The fourth-order valence-electron chi connectivity index (χ4n) is 10.8. The highest BCUT2D eigenvalue weighted by Gasteiger charge is 2.69. The highest BCUT2D eigenvalue weighted by Crippen LogP contribution is 2.75. The van der Waals surface area contributed by atoms with E-state index >= 15 is 0 Å². The van der Waals surface area contributed by atoms with E-state index in [4.69, 9.17) is 4.74 Å². The molecule has 4 aliphatic carbocycles. The predicted molar refractivity (Wildman–Crippen MR) is 168 cm³/mol. The van der Waals surface area contributed by atoms with Crippen molar-refractivity contribution in [3.8, 4) is 5.75 Å². The summed E-state index contributed by atoms with van der Waals surface area (Å²) in [5.74, 6) is 3.80. The molecule has 0 saturated heterocycles. The number of fused-ring (bicyclic) bond motifs is 5. The summed E-state index contributed by atoms with van der Waals surface area (Å²) < 4.78 is 5.49. The molecule has 0 amide bonds. The quantitative estimate of drug-likeness (QED) is 0.273. The summed E-state index contributed by atoms with van der Waals surface area (Å²) in [4.78, 5) is 14.0. The maximum absolute atomic E-state index is 14.0. The molecule has 0 N–H and O–H groups in total. The van der Waals surface area contributed by atoms with Crippen molar-refractivity contribution in [2.24, 2.45) is 45.3 Å². The highest BCUT2D eigenvalue weighted by molar-refractivity contribution is 6.04. The van der Waals surface area contributed by atoms with E-state index in [0.717, 1.165) is 41.6 Å². The number of ether oxygens (including phenoxy) is 1. The number of benzene rings is 1. The molecule has 0 heterocycles. The van der Waals surface area contributed by atoms with Gasteiger partial charge in [-0.25, -0.2) is 0 Å². The zero-order valence-electron chi connectivity index (χ0n) is 26.8. The number of ketones is 1. The van der Waals surface area contributed by atoms with Crippen LogP contribution in [0.3, 0.4) is 0 Å². The molecule has 5 rings (SSSR count). The second kappa shape index (κ2) is 10.3. The van der Waals surface area contributed by atoms with Crippen molar-refractivity contribution in [2.75, 3.05) is 7.11 Å². The number of allylic oxidation sites excluding steroid dienone is 5. The van der Waals surface area contributed by atoms with Crippen LogP contribution in [-0.2, 0) is 4.79 Å². The molecule has 0 aromatic heterocycles. The van der Waals surface area contributed by atoms with Gasteiger partial charge in [-0.15, -0.1) is 0 Å². The van der Waals surface area contributed by atoms with Gasteiger partial charge < -0.3 is 4.74 Å². The number of hydrogen-bond donors (Lipinski definition) is 0. The zero-order valence-corrected chi connectivity index (χ0v) is 26.8. The van der Waals surface area contributed by atoms with Crippen molar-refractivity contribution >= 4 is 11.9 Å². The van der Waals surface area contributed by atoms with Gasteiger partial charge in [0.2, 0.25) is 0 Å². The molecule has 4 fully saturated rings. The van der Waals surface area contributed by atoms with E-state index in [9.17, 15) is 4.79 Å². The summed E-state index contributed by atoms with van der Waals surface area (Å²) in [6.45, 7) is 19.2. The Morgan fingerprint density at radius 1 is 0.925 bits per heavy atom. The third-order valence-corrected chi connectivity index (χ3v) is 13.0. The monoisotopic (exact) mass is 542 g/mol. The molecular weight excluding hydrogens is 488 g/mol. The molecule has 4 aliphatic rings. The van der Waals surface area contributed by atoms with Crippen LogP contribution in [0.15, 0.2) is 53.1 Å². The van der Waals surface area contributed by atoms with Crippen molar-refractivity contribution < 1.29 is 9.53 Å². The zero-order chi connectivity index (χ0) is 29.1. The van der Waals surface area contributed by atoms with Crippen LogP contribution in [0.25, 0.3) is 6.08 Å². The lowest BCUT2D eigenvalue weighted by atomic mass is 9.35. The Balaban J connectivity index is 1.49. The van der Waals surface area contributed by atoms with E-state index in [0.29, 0.717) is 28.4 Å². The summed E-state index contributed by atoms with van der Waals surface area (Å²) in [6.07, 6.45) is 16.8. The normalized spacial score (nSPS) is 39.8. The fraction of sp³-hybridized carbons (Fsp3) is 0.658. The molecule has 218 valence electrons. The minimum Gasteiger partial charge on any atom is -0.497 e. The van der Waals surface area contributed by atoms with Gasteiger partial charge in [0.25, 0.3) is 0 Å². The van der Waals surface area contributed by atoms with Crippen molar-refractivity contribution in [3.63, 3.8) is 0 Å². The SMILES string of the molecule is COc1cccc(/C=C2/C[C@]3(C)[C@H]4CC[C@@H]5[C@@H](/C(C)=C\CC=C(C)C)CC[C@@]5(C)[C@]4(C)CC[C@H]3C(C)(C)C2=O)c1. The Morgan fingerprint density at radius 2 is 1.65 bits per heavy atom. The minimum atomic E-state index is -0.334. The van der Waals surface area contributed by atoms with Crippen LogP contribution < -0.4 is 4.74 Å². The van der Waals surface area contributed by atoms with E-state index in [1.807, 2.05) is 12.1 Å². The van der Waals surface area contributed by atoms with E-state index in [1.54, 1.807) is 12.7 Å².